The molecule has 0 bridgehead atoms. The number of hydrogen-bond acceptors (Lipinski definition) is 2. The first kappa shape index (κ1) is 11.8. The first-order valence-electron chi connectivity index (χ1n) is 5.13. The zero-order chi connectivity index (χ0) is 11.4. The first-order valence-corrected chi connectivity index (χ1v) is 5.13. The molecule has 2 heteroatoms. The third-order valence-corrected chi connectivity index (χ3v) is 2.64. The van der Waals surface area contributed by atoms with E-state index in [1.54, 1.807) is 7.11 Å². The van der Waals surface area contributed by atoms with Crippen molar-refractivity contribution in [1.29, 1.82) is 0 Å². The Morgan fingerprint density at radius 3 is 2.47 bits per heavy atom. The molecule has 0 radical (unpaired) electrons. The Hall–Kier alpha value is -1.28. The predicted molar refractivity (Wildman–Crippen MR) is 65.2 cm³/mol. The number of ether oxygens (including phenoxy) is 1. The second-order valence-corrected chi connectivity index (χ2v) is 3.78. The lowest BCUT2D eigenvalue weighted by Crippen LogP contribution is -2.01. The molecule has 0 atom stereocenters. The zero-order valence-corrected chi connectivity index (χ0v) is 9.76. The fourth-order valence-electron chi connectivity index (χ4n) is 1.54. The van der Waals surface area contributed by atoms with Gasteiger partial charge in [-0.25, -0.2) is 0 Å². The van der Waals surface area contributed by atoms with Crippen molar-refractivity contribution in [2.45, 2.75) is 20.3 Å². The predicted octanol–water partition coefficient (Wildman–Crippen LogP) is 2.67. The van der Waals surface area contributed by atoms with Crippen molar-refractivity contribution in [3.8, 4) is 5.75 Å². The highest BCUT2D eigenvalue weighted by molar-refractivity contribution is 5.70. The van der Waals surface area contributed by atoms with Crippen molar-refractivity contribution in [3.63, 3.8) is 0 Å². The van der Waals surface area contributed by atoms with E-state index in [1.807, 2.05) is 6.07 Å². The molecule has 2 N–H and O–H groups in total. The molecule has 2 nitrogen and oxygen atoms in total. The molecule has 0 fully saturated rings. The molecule has 0 aromatic heterocycles. The van der Waals surface area contributed by atoms with Crippen molar-refractivity contribution in [2.75, 3.05) is 13.7 Å². The van der Waals surface area contributed by atoms with Gasteiger partial charge in [0.1, 0.15) is 5.75 Å². The van der Waals surface area contributed by atoms with E-state index in [2.05, 4.69) is 26.5 Å². The lowest BCUT2D eigenvalue weighted by atomic mass is 9.98. The second-order valence-electron chi connectivity index (χ2n) is 3.78. The largest absolute Gasteiger partial charge is 0.496 e. The zero-order valence-electron chi connectivity index (χ0n) is 9.76. The monoisotopic (exact) mass is 205 g/mol. The summed E-state index contributed by atoms with van der Waals surface area (Å²) in [5.41, 5.74) is 10.1. The summed E-state index contributed by atoms with van der Waals surface area (Å²) < 4.78 is 5.35. The van der Waals surface area contributed by atoms with E-state index in [0.717, 1.165) is 23.3 Å². The fourth-order valence-corrected chi connectivity index (χ4v) is 1.54. The van der Waals surface area contributed by atoms with Crippen molar-refractivity contribution < 1.29 is 4.74 Å². The van der Waals surface area contributed by atoms with Gasteiger partial charge >= 0.3 is 0 Å². The Labute approximate surface area is 91.7 Å². The summed E-state index contributed by atoms with van der Waals surface area (Å²) in [6.07, 6.45) is 0.804. The molecular weight excluding hydrogens is 186 g/mol. The minimum atomic E-state index is 0.620. The van der Waals surface area contributed by atoms with Crippen LogP contribution in [0.4, 0.5) is 0 Å². The van der Waals surface area contributed by atoms with Crippen LogP contribution in [0.1, 0.15) is 23.1 Å². The molecule has 15 heavy (non-hydrogen) atoms. The second kappa shape index (κ2) is 4.99. The summed E-state index contributed by atoms with van der Waals surface area (Å²) in [5.74, 6) is 0.886. The lowest BCUT2D eigenvalue weighted by Gasteiger charge is -2.13. The summed E-state index contributed by atoms with van der Waals surface area (Å²) in [6.45, 7) is 8.82. The van der Waals surface area contributed by atoms with Gasteiger partial charge in [0.25, 0.3) is 0 Å². The Balaban J connectivity index is 3.15. The third kappa shape index (κ3) is 2.60. The molecule has 0 saturated heterocycles. The van der Waals surface area contributed by atoms with Crippen molar-refractivity contribution in [3.05, 3.63) is 35.4 Å². The van der Waals surface area contributed by atoms with E-state index in [0.29, 0.717) is 6.54 Å². The molecule has 1 rings (SSSR count). The van der Waals surface area contributed by atoms with Gasteiger partial charge in [0.2, 0.25) is 0 Å². The molecule has 0 aliphatic rings. The van der Waals surface area contributed by atoms with Crippen LogP contribution in [0.3, 0.4) is 0 Å². The molecule has 1 aromatic carbocycles. The quantitative estimate of drug-likeness (QED) is 0.820. The maximum atomic E-state index is 5.52. The van der Waals surface area contributed by atoms with Crippen LogP contribution < -0.4 is 10.5 Å². The van der Waals surface area contributed by atoms with Crippen LogP contribution >= 0.6 is 0 Å². The van der Waals surface area contributed by atoms with Crippen LogP contribution in [-0.4, -0.2) is 13.7 Å². The Morgan fingerprint density at radius 1 is 1.33 bits per heavy atom. The van der Waals surface area contributed by atoms with E-state index in [9.17, 15) is 0 Å². The van der Waals surface area contributed by atoms with Crippen molar-refractivity contribution >= 4 is 5.57 Å². The van der Waals surface area contributed by atoms with Crippen LogP contribution in [0.2, 0.25) is 0 Å². The molecule has 0 spiro atoms. The Kier molecular flexibility index (Phi) is 3.92. The molecule has 0 saturated carbocycles. The van der Waals surface area contributed by atoms with E-state index < -0.39 is 0 Å². The van der Waals surface area contributed by atoms with Crippen LogP contribution in [0.15, 0.2) is 18.7 Å². The maximum Gasteiger partial charge on any atom is 0.126 e. The van der Waals surface area contributed by atoms with Crippen LogP contribution in [0, 0.1) is 13.8 Å². The molecule has 82 valence electrons. The Morgan fingerprint density at radius 2 is 1.93 bits per heavy atom. The normalized spacial score (nSPS) is 10.1. The summed E-state index contributed by atoms with van der Waals surface area (Å²) >= 11 is 0. The van der Waals surface area contributed by atoms with Crippen LogP contribution in [0.25, 0.3) is 5.57 Å². The molecule has 0 aliphatic carbocycles. The number of aryl methyl sites for hydroxylation is 2. The van der Waals surface area contributed by atoms with Crippen molar-refractivity contribution in [2.24, 2.45) is 5.73 Å². The Bertz CT molecular complexity index is 369. The molecule has 0 aliphatic heterocycles. The number of methoxy groups -OCH3 is 1. The molecule has 0 amide bonds. The van der Waals surface area contributed by atoms with E-state index in [1.165, 1.54) is 11.1 Å². The molecular formula is C13H19NO. The number of rotatable bonds is 4. The van der Waals surface area contributed by atoms with Gasteiger partial charge < -0.3 is 10.5 Å². The van der Waals surface area contributed by atoms with E-state index >= 15 is 0 Å². The van der Waals surface area contributed by atoms with Crippen molar-refractivity contribution in [1.82, 2.24) is 0 Å². The first-order chi connectivity index (χ1) is 7.10. The standard InChI is InChI=1S/C13H19NO/c1-9(5-6-14)12-7-10(2)11(3)8-13(12)15-4/h7-8H,1,5-6,14H2,2-4H3. The molecule has 0 unspecified atom stereocenters. The highest BCUT2D eigenvalue weighted by Crippen LogP contribution is 2.29. The van der Waals surface area contributed by atoms with Gasteiger partial charge in [-0.2, -0.15) is 0 Å². The van der Waals surface area contributed by atoms with Gasteiger partial charge in [-0.05, 0) is 55.6 Å². The fraction of sp³-hybridized carbons (Fsp3) is 0.385. The van der Waals surface area contributed by atoms with Gasteiger partial charge in [0.05, 0.1) is 7.11 Å². The highest BCUT2D eigenvalue weighted by Gasteiger charge is 2.08. The third-order valence-electron chi connectivity index (χ3n) is 2.64. The van der Waals surface area contributed by atoms with E-state index in [4.69, 9.17) is 10.5 Å². The number of nitrogens with two attached hydrogens (primary N) is 1. The molecule has 1 aromatic rings. The van der Waals surface area contributed by atoms with Gasteiger partial charge in [0, 0.05) is 5.56 Å². The average molecular weight is 205 g/mol. The summed E-state index contributed by atoms with van der Waals surface area (Å²) in [6, 6.07) is 4.17. The summed E-state index contributed by atoms with van der Waals surface area (Å²) in [7, 11) is 1.68. The topological polar surface area (TPSA) is 35.2 Å². The number of benzene rings is 1. The van der Waals surface area contributed by atoms with Gasteiger partial charge in [-0.3, -0.25) is 0 Å². The lowest BCUT2D eigenvalue weighted by molar-refractivity contribution is 0.413. The maximum absolute atomic E-state index is 5.52. The van der Waals surface area contributed by atoms with Crippen LogP contribution in [-0.2, 0) is 0 Å². The van der Waals surface area contributed by atoms with Crippen LogP contribution in [0.5, 0.6) is 5.75 Å². The van der Waals surface area contributed by atoms with Gasteiger partial charge in [0.15, 0.2) is 0 Å². The molecule has 0 heterocycles. The SMILES string of the molecule is C=C(CCN)c1cc(C)c(C)cc1OC. The smallest absolute Gasteiger partial charge is 0.126 e. The summed E-state index contributed by atoms with van der Waals surface area (Å²) in [4.78, 5) is 0. The summed E-state index contributed by atoms with van der Waals surface area (Å²) in [5, 5.41) is 0. The minimum absolute atomic E-state index is 0.620. The van der Waals surface area contributed by atoms with Gasteiger partial charge in [-0.1, -0.05) is 6.58 Å². The average Bonchev–Trinajstić information content (AvgIpc) is 2.21. The van der Waals surface area contributed by atoms with E-state index in [-0.39, 0.29) is 0 Å². The minimum Gasteiger partial charge on any atom is -0.496 e. The number of hydrogen-bond donors (Lipinski definition) is 1. The highest BCUT2D eigenvalue weighted by atomic mass is 16.5. The van der Waals surface area contributed by atoms with Gasteiger partial charge in [-0.15, -0.1) is 0 Å².